The smallest absolute Gasteiger partial charge is 0.191 e. The van der Waals surface area contributed by atoms with Gasteiger partial charge in [0.1, 0.15) is 0 Å². The van der Waals surface area contributed by atoms with Crippen LogP contribution < -0.4 is 10.6 Å². The third-order valence-electron chi connectivity index (χ3n) is 6.73. The molecule has 0 amide bonds. The molecule has 7 heteroatoms. The predicted molar refractivity (Wildman–Crippen MR) is 124 cm³/mol. The summed E-state index contributed by atoms with van der Waals surface area (Å²) in [5.74, 6) is 0.868. The van der Waals surface area contributed by atoms with E-state index in [1.54, 1.807) is 0 Å². The number of ether oxygens (including phenoxy) is 1. The van der Waals surface area contributed by atoms with Gasteiger partial charge in [0.25, 0.3) is 0 Å². The maximum absolute atomic E-state index is 5.61. The molecule has 0 unspecified atom stereocenters. The number of hydrogen-bond acceptors (Lipinski definition) is 4. The van der Waals surface area contributed by atoms with Crippen LogP contribution in [-0.4, -0.2) is 66.1 Å². The van der Waals surface area contributed by atoms with Gasteiger partial charge in [-0.05, 0) is 30.0 Å². The lowest BCUT2D eigenvalue weighted by Gasteiger charge is -2.48. The SMILES string of the molecule is CN=C(NCc1ccccc1Cn1cccn1)NCC1(N2CCOCC2)CCCCC1. The Labute approximate surface area is 185 Å². The molecular formula is C24H36N6O. The Morgan fingerprint density at radius 3 is 2.55 bits per heavy atom. The predicted octanol–water partition coefficient (Wildman–Crippen LogP) is 2.63. The molecule has 2 aromatic rings. The van der Waals surface area contributed by atoms with Gasteiger partial charge in [-0.3, -0.25) is 14.6 Å². The first kappa shape index (κ1) is 21.8. The average molecular weight is 425 g/mol. The zero-order chi connectivity index (χ0) is 21.4. The summed E-state index contributed by atoms with van der Waals surface area (Å²) in [4.78, 5) is 7.16. The van der Waals surface area contributed by atoms with E-state index in [4.69, 9.17) is 4.74 Å². The molecule has 1 aliphatic carbocycles. The summed E-state index contributed by atoms with van der Waals surface area (Å²) in [6.07, 6.45) is 10.3. The summed E-state index contributed by atoms with van der Waals surface area (Å²) in [5, 5.41) is 11.5. The zero-order valence-corrected chi connectivity index (χ0v) is 18.7. The molecule has 2 heterocycles. The van der Waals surface area contributed by atoms with Gasteiger partial charge >= 0.3 is 0 Å². The van der Waals surface area contributed by atoms with Crippen LogP contribution in [-0.2, 0) is 17.8 Å². The molecule has 1 aliphatic heterocycles. The lowest BCUT2D eigenvalue weighted by molar-refractivity contribution is -0.0352. The first-order valence-corrected chi connectivity index (χ1v) is 11.6. The third kappa shape index (κ3) is 5.66. The van der Waals surface area contributed by atoms with Crippen LogP contribution in [0.4, 0.5) is 0 Å². The van der Waals surface area contributed by atoms with Crippen molar-refractivity contribution in [1.29, 1.82) is 0 Å². The second-order valence-electron chi connectivity index (χ2n) is 8.64. The van der Waals surface area contributed by atoms with Crippen molar-refractivity contribution in [3.63, 3.8) is 0 Å². The van der Waals surface area contributed by atoms with Crippen LogP contribution in [0.25, 0.3) is 0 Å². The minimum absolute atomic E-state index is 0.220. The first-order chi connectivity index (χ1) is 15.3. The minimum Gasteiger partial charge on any atom is -0.379 e. The number of aromatic nitrogens is 2. The van der Waals surface area contributed by atoms with Gasteiger partial charge in [0.2, 0.25) is 0 Å². The van der Waals surface area contributed by atoms with E-state index in [0.717, 1.165) is 51.9 Å². The van der Waals surface area contributed by atoms with Crippen molar-refractivity contribution in [2.45, 2.75) is 50.7 Å². The third-order valence-corrected chi connectivity index (χ3v) is 6.73. The minimum atomic E-state index is 0.220. The summed E-state index contributed by atoms with van der Waals surface area (Å²) in [5.41, 5.74) is 2.75. The summed E-state index contributed by atoms with van der Waals surface area (Å²) in [7, 11) is 1.85. The summed E-state index contributed by atoms with van der Waals surface area (Å²) >= 11 is 0. The van der Waals surface area contributed by atoms with Crippen molar-refractivity contribution in [1.82, 2.24) is 25.3 Å². The molecule has 1 aromatic heterocycles. The lowest BCUT2D eigenvalue weighted by Crippen LogP contribution is -2.60. The second-order valence-corrected chi connectivity index (χ2v) is 8.64. The van der Waals surface area contributed by atoms with E-state index in [0.29, 0.717) is 0 Å². The van der Waals surface area contributed by atoms with Gasteiger partial charge in [0, 0.05) is 51.2 Å². The maximum Gasteiger partial charge on any atom is 0.191 e. The van der Waals surface area contributed by atoms with E-state index in [2.05, 4.69) is 49.9 Å². The molecule has 1 saturated carbocycles. The van der Waals surface area contributed by atoms with Crippen LogP contribution in [0.3, 0.4) is 0 Å². The number of nitrogens with zero attached hydrogens (tertiary/aromatic N) is 4. The van der Waals surface area contributed by atoms with E-state index >= 15 is 0 Å². The van der Waals surface area contributed by atoms with Crippen molar-refractivity contribution in [2.24, 2.45) is 4.99 Å². The first-order valence-electron chi connectivity index (χ1n) is 11.6. The van der Waals surface area contributed by atoms with Gasteiger partial charge < -0.3 is 15.4 Å². The van der Waals surface area contributed by atoms with E-state index in [9.17, 15) is 0 Å². The van der Waals surface area contributed by atoms with E-state index < -0.39 is 0 Å². The van der Waals surface area contributed by atoms with Crippen molar-refractivity contribution in [3.8, 4) is 0 Å². The largest absolute Gasteiger partial charge is 0.379 e. The van der Waals surface area contributed by atoms with Crippen LogP contribution in [0, 0.1) is 0 Å². The Bertz CT molecular complexity index is 822. The molecule has 7 nitrogen and oxygen atoms in total. The summed E-state index contributed by atoms with van der Waals surface area (Å²) < 4.78 is 7.57. The van der Waals surface area contributed by atoms with Crippen LogP contribution in [0.15, 0.2) is 47.7 Å². The molecule has 1 aromatic carbocycles. The molecule has 2 fully saturated rings. The fourth-order valence-corrected chi connectivity index (χ4v) is 4.95. The Kier molecular flexibility index (Phi) is 7.59. The molecule has 31 heavy (non-hydrogen) atoms. The van der Waals surface area contributed by atoms with Gasteiger partial charge in [-0.1, -0.05) is 43.5 Å². The molecule has 0 spiro atoms. The van der Waals surface area contributed by atoms with Gasteiger partial charge in [-0.15, -0.1) is 0 Å². The van der Waals surface area contributed by atoms with Crippen molar-refractivity contribution in [3.05, 3.63) is 53.9 Å². The zero-order valence-electron chi connectivity index (χ0n) is 18.7. The van der Waals surface area contributed by atoms with Crippen LogP contribution in [0.1, 0.15) is 43.2 Å². The number of guanidine groups is 1. The molecule has 168 valence electrons. The molecule has 2 aliphatic rings. The number of nitrogens with one attached hydrogen (secondary N) is 2. The van der Waals surface area contributed by atoms with Crippen LogP contribution in [0.2, 0.25) is 0 Å². The van der Waals surface area contributed by atoms with Gasteiger partial charge in [0.15, 0.2) is 5.96 Å². The summed E-state index contributed by atoms with van der Waals surface area (Å²) in [6.45, 7) is 6.22. The highest BCUT2D eigenvalue weighted by atomic mass is 16.5. The Morgan fingerprint density at radius 2 is 1.84 bits per heavy atom. The van der Waals surface area contributed by atoms with Gasteiger partial charge in [0.05, 0.1) is 19.8 Å². The van der Waals surface area contributed by atoms with E-state index in [-0.39, 0.29) is 5.54 Å². The van der Waals surface area contributed by atoms with E-state index in [1.165, 1.54) is 43.2 Å². The Morgan fingerprint density at radius 1 is 1.06 bits per heavy atom. The van der Waals surface area contributed by atoms with Crippen molar-refractivity contribution in [2.75, 3.05) is 39.9 Å². The highest BCUT2D eigenvalue weighted by Crippen LogP contribution is 2.33. The average Bonchev–Trinajstić information content (AvgIpc) is 3.34. The maximum atomic E-state index is 5.61. The van der Waals surface area contributed by atoms with Crippen molar-refractivity contribution >= 4 is 5.96 Å². The lowest BCUT2D eigenvalue weighted by atomic mass is 9.80. The number of morpholine rings is 1. The van der Waals surface area contributed by atoms with Crippen molar-refractivity contribution < 1.29 is 4.74 Å². The Balaban J connectivity index is 1.36. The Hall–Kier alpha value is -2.38. The fourth-order valence-electron chi connectivity index (χ4n) is 4.95. The van der Waals surface area contributed by atoms with Crippen LogP contribution in [0.5, 0.6) is 0 Å². The van der Waals surface area contributed by atoms with Gasteiger partial charge in [-0.25, -0.2) is 0 Å². The highest BCUT2D eigenvalue weighted by molar-refractivity contribution is 5.79. The fraction of sp³-hybridized carbons (Fsp3) is 0.583. The molecule has 0 atom stereocenters. The molecule has 0 radical (unpaired) electrons. The van der Waals surface area contributed by atoms with Crippen LogP contribution >= 0.6 is 0 Å². The van der Waals surface area contributed by atoms with E-state index in [1.807, 2.05) is 30.2 Å². The molecule has 4 rings (SSSR count). The highest BCUT2D eigenvalue weighted by Gasteiger charge is 2.38. The topological polar surface area (TPSA) is 66.7 Å². The number of rotatable bonds is 7. The number of aliphatic imine (C=N–C) groups is 1. The molecular weight excluding hydrogens is 388 g/mol. The molecule has 1 saturated heterocycles. The number of benzene rings is 1. The standard InChI is InChI=1S/C24H36N6O/c1-25-23(26-18-21-8-3-4-9-22(21)19-30-13-7-12-28-30)27-20-24(10-5-2-6-11-24)29-14-16-31-17-15-29/h3-4,7-9,12-13H,2,5-6,10-11,14-20H2,1H3,(H2,25,26,27). The quantitative estimate of drug-likeness (QED) is 0.528. The monoisotopic (exact) mass is 424 g/mol. The second kappa shape index (κ2) is 10.8. The number of hydrogen-bond donors (Lipinski definition) is 2. The molecule has 2 N–H and O–H groups in total. The van der Waals surface area contributed by atoms with Gasteiger partial charge in [-0.2, -0.15) is 5.10 Å². The summed E-state index contributed by atoms with van der Waals surface area (Å²) in [6, 6.07) is 10.5. The normalized spacial score (nSPS) is 19.8. The molecule has 0 bridgehead atoms.